The SMILES string of the molecule is Cc1cc(-c2ccc(NC(=O)[C@@H]3CCCN3C(=O)OC(C)(C)C)c(C)c2)ccc1NC(=O)[C@@H]1CCCN1C(=O)OC(C)(C)C. The number of carbonyl (C=O) groups excluding carboxylic acids is 4. The zero-order chi connectivity index (χ0) is 32.4. The number of aryl methyl sites for hydroxylation is 2. The van der Waals surface area contributed by atoms with Crippen LogP contribution in [0.4, 0.5) is 21.0 Å². The van der Waals surface area contributed by atoms with E-state index in [9.17, 15) is 19.2 Å². The van der Waals surface area contributed by atoms with Crippen molar-refractivity contribution in [3.05, 3.63) is 47.5 Å². The van der Waals surface area contributed by atoms with Crippen LogP contribution < -0.4 is 10.6 Å². The van der Waals surface area contributed by atoms with E-state index >= 15 is 0 Å². The Morgan fingerprint density at radius 1 is 0.659 bits per heavy atom. The topological polar surface area (TPSA) is 117 Å². The highest BCUT2D eigenvalue weighted by molar-refractivity contribution is 5.98. The van der Waals surface area contributed by atoms with Crippen LogP contribution in [0.1, 0.15) is 78.4 Å². The number of benzene rings is 2. The zero-order valence-corrected chi connectivity index (χ0v) is 27.2. The molecule has 0 bridgehead atoms. The van der Waals surface area contributed by atoms with Gasteiger partial charge in [-0.2, -0.15) is 0 Å². The van der Waals surface area contributed by atoms with Crippen molar-refractivity contribution in [2.24, 2.45) is 0 Å². The summed E-state index contributed by atoms with van der Waals surface area (Å²) in [4.78, 5) is 54.6. The van der Waals surface area contributed by atoms with Crippen molar-refractivity contribution in [3.8, 4) is 11.1 Å². The minimum atomic E-state index is -0.631. The summed E-state index contributed by atoms with van der Waals surface area (Å²) in [7, 11) is 0. The van der Waals surface area contributed by atoms with E-state index in [0.29, 0.717) is 37.3 Å². The molecule has 2 atom stereocenters. The Bertz CT molecular complexity index is 1320. The average molecular weight is 607 g/mol. The lowest BCUT2D eigenvalue weighted by Crippen LogP contribution is -2.45. The first kappa shape index (κ1) is 32.8. The summed E-state index contributed by atoms with van der Waals surface area (Å²) < 4.78 is 11.0. The van der Waals surface area contributed by atoms with E-state index in [0.717, 1.165) is 35.1 Å². The van der Waals surface area contributed by atoms with Gasteiger partial charge in [-0.25, -0.2) is 9.59 Å². The highest BCUT2D eigenvalue weighted by Crippen LogP contribution is 2.30. The Hall–Kier alpha value is -4.08. The van der Waals surface area contributed by atoms with Crippen LogP contribution in [0.25, 0.3) is 11.1 Å². The number of nitrogens with one attached hydrogen (secondary N) is 2. The fourth-order valence-electron chi connectivity index (χ4n) is 5.56. The van der Waals surface area contributed by atoms with Gasteiger partial charge >= 0.3 is 12.2 Å². The third-order valence-electron chi connectivity index (χ3n) is 7.67. The molecule has 10 heteroatoms. The summed E-state index contributed by atoms with van der Waals surface area (Å²) in [6.07, 6.45) is 1.72. The Kier molecular flexibility index (Phi) is 9.61. The molecule has 2 aliphatic heterocycles. The minimum absolute atomic E-state index is 0.229. The number of anilines is 2. The summed E-state index contributed by atoms with van der Waals surface area (Å²) in [5, 5.41) is 6.00. The highest BCUT2D eigenvalue weighted by Gasteiger charge is 2.38. The molecule has 2 N–H and O–H groups in total. The van der Waals surface area contributed by atoms with Crippen LogP contribution in [0.3, 0.4) is 0 Å². The summed E-state index contributed by atoms with van der Waals surface area (Å²) in [6.45, 7) is 15.7. The molecule has 2 aromatic carbocycles. The molecule has 2 aliphatic rings. The number of nitrogens with zero attached hydrogens (tertiary/aromatic N) is 2. The minimum Gasteiger partial charge on any atom is -0.444 e. The first-order valence-corrected chi connectivity index (χ1v) is 15.3. The van der Waals surface area contributed by atoms with Gasteiger partial charge < -0.3 is 20.1 Å². The number of rotatable bonds is 5. The molecule has 0 saturated carbocycles. The quantitative estimate of drug-likeness (QED) is 0.394. The van der Waals surface area contributed by atoms with E-state index in [2.05, 4.69) is 10.6 Å². The maximum absolute atomic E-state index is 13.2. The maximum Gasteiger partial charge on any atom is 0.410 e. The highest BCUT2D eigenvalue weighted by atomic mass is 16.6. The molecule has 2 heterocycles. The Balaban J connectivity index is 1.41. The van der Waals surface area contributed by atoms with Gasteiger partial charge in [0.05, 0.1) is 0 Å². The van der Waals surface area contributed by atoms with Gasteiger partial charge in [0, 0.05) is 24.5 Å². The molecule has 2 saturated heterocycles. The third-order valence-corrected chi connectivity index (χ3v) is 7.67. The van der Waals surface area contributed by atoms with Crippen molar-refractivity contribution < 1.29 is 28.7 Å². The van der Waals surface area contributed by atoms with Crippen LogP contribution >= 0.6 is 0 Å². The summed E-state index contributed by atoms with van der Waals surface area (Å²) in [5.74, 6) is -0.458. The molecule has 238 valence electrons. The second-order valence-electron chi connectivity index (χ2n) is 13.7. The van der Waals surface area contributed by atoms with Gasteiger partial charge in [-0.3, -0.25) is 19.4 Å². The molecule has 0 radical (unpaired) electrons. The first-order valence-electron chi connectivity index (χ1n) is 15.3. The number of hydrogen-bond acceptors (Lipinski definition) is 6. The molecule has 4 rings (SSSR count). The Morgan fingerprint density at radius 2 is 1.02 bits per heavy atom. The largest absolute Gasteiger partial charge is 0.444 e. The molecular weight excluding hydrogens is 560 g/mol. The van der Waals surface area contributed by atoms with Crippen LogP contribution in [0.2, 0.25) is 0 Å². The van der Waals surface area contributed by atoms with Crippen LogP contribution in [0, 0.1) is 13.8 Å². The average Bonchev–Trinajstić information content (AvgIpc) is 3.59. The van der Waals surface area contributed by atoms with Gasteiger partial charge in [0.1, 0.15) is 23.3 Å². The molecular formula is C34H46N4O6. The molecule has 0 aliphatic carbocycles. The Morgan fingerprint density at radius 3 is 1.34 bits per heavy atom. The fraction of sp³-hybridized carbons (Fsp3) is 0.529. The number of amides is 4. The van der Waals surface area contributed by atoms with E-state index < -0.39 is 35.5 Å². The second-order valence-corrected chi connectivity index (χ2v) is 13.7. The summed E-state index contributed by atoms with van der Waals surface area (Å²) in [5.41, 5.74) is 3.80. The predicted molar refractivity (Wildman–Crippen MR) is 171 cm³/mol. The van der Waals surface area contributed by atoms with E-state index in [1.165, 1.54) is 9.80 Å². The molecule has 10 nitrogen and oxygen atoms in total. The van der Waals surface area contributed by atoms with Crippen molar-refractivity contribution in [1.82, 2.24) is 9.80 Å². The first-order chi connectivity index (χ1) is 20.5. The lowest BCUT2D eigenvalue weighted by atomic mass is 9.99. The van der Waals surface area contributed by atoms with Gasteiger partial charge in [-0.15, -0.1) is 0 Å². The van der Waals surface area contributed by atoms with Gasteiger partial charge in [-0.1, -0.05) is 12.1 Å². The van der Waals surface area contributed by atoms with Gasteiger partial charge in [0.25, 0.3) is 0 Å². The van der Waals surface area contributed by atoms with Gasteiger partial charge in [-0.05, 0) is 128 Å². The summed E-state index contributed by atoms with van der Waals surface area (Å²) in [6, 6.07) is 10.5. The van der Waals surface area contributed by atoms with Gasteiger partial charge in [0.2, 0.25) is 11.8 Å². The predicted octanol–water partition coefficient (Wildman–Crippen LogP) is 6.65. The number of carbonyl (C=O) groups is 4. The van der Waals surface area contributed by atoms with Crippen LogP contribution in [-0.4, -0.2) is 70.2 Å². The smallest absolute Gasteiger partial charge is 0.410 e. The number of likely N-dealkylation sites (tertiary alicyclic amines) is 2. The maximum atomic E-state index is 13.2. The van der Waals surface area contributed by atoms with Crippen molar-refractivity contribution in [2.75, 3.05) is 23.7 Å². The Labute approximate surface area is 260 Å². The van der Waals surface area contributed by atoms with Crippen molar-refractivity contribution in [1.29, 1.82) is 0 Å². The van der Waals surface area contributed by atoms with E-state index in [1.54, 1.807) is 0 Å². The van der Waals surface area contributed by atoms with E-state index in [4.69, 9.17) is 9.47 Å². The molecule has 0 unspecified atom stereocenters. The second kappa shape index (κ2) is 12.9. The molecule has 2 fully saturated rings. The summed E-state index contributed by atoms with van der Waals surface area (Å²) >= 11 is 0. The van der Waals surface area contributed by atoms with E-state index in [1.807, 2.05) is 91.8 Å². The number of hydrogen-bond donors (Lipinski definition) is 2. The monoisotopic (exact) mass is 606 g/mol. The number of ether oxygens (including phenoxy) is 2. The zero-order valence-electron chi connectivity index (χ0n) is 27.2. The van der Waals surface area contributed by atoms with Crippen LogP contribution in [0.15, 0.2) is 36.4 Å². The van der Waals surface area contributed by atoms with Crippen molar-refractivity contribution >= 4 is 35.4 Å². The van der Waals surface area contributed by atoms with Crippen LogP contribution in [-0.2, 0) is 19.1 Å². The molecule has 0 aromatic heterocycles. The molecule has 0 spiro atoms. The molecule has 44 heavy (non-hydrogen) atoms. The lowest BCUT2D eigenvalue weighted by molar-refractivity contribution is -0.121. The van der Waals surface area contributed by atoms with Crippen LogP contribution in [0.5, 0.6) is 0 Å². The lowest BCUT2D eigenvalue weighted by Gasteiger charge is -2.28. The van der Waals surface area contributed by atoms with Gasteiger partial charge in [0.15, 0.2) is 0 Å². The fourth-order valence-corrected chi connectivity index (χ4v) is 5.56. The van der Waals surface area contributed by atoms with Crippen molar-refractivity contribution in [3.63, 3.8) is 0 Å². The third kappa shape index (κ3) is 8.09. The normalized spacial score (nSPS) is 18.6. The van der Waals surface area contributed by atoms with Crippen molar-refractivity contribution in [2.45, 2.75) is 104 Å². The van der Waals surface area contributed by atoms with E-state index in [-0.39, 0.29) is 11.8 Å². The standard InChI is InChI=1S/C34H46N4O6/c1-21-19-23(13-15-25(21)35-29(39)27-11-9-17-37(27)31(41)43-33(3,4)5)24-14-16-26(22(2)20-24)36-30(40)28-12-10-18-38(28)32(42)44-34(6,7)8/h13-16,19-20,27-28H,9-12,17-18H2,1-8H3,(H,35,39)(H,36,40)/t27-,28-/m0/s1. The molecule has 2 aromatic rings. The molecule has 4 amide bonds.